The summed E-state index contributed by atoms with van der Waals surface area (Å²) in [5, 5.41) is 6.32. The van der Waals surface area contributed by atoms with Gasteiger partial charge in [-0.1, -0.05) is 6.92 Å². The number of likely N-dealkylation sites (N-methyl/N-ethyl adjacent to an activating group) is 1. The Balaban J connectivity index is 2.05. The van der Waals surface area contributed by atoms with E-state index in [0.29, 0.717) is 30.6 Å². The quantitative estimate of drug-likeness (QED) is 0.811. The van der Waals surface area contributed by atoms with E-state index in [-0.39, 0.29) is 0 Å². The van der Waals surface area contributed by atoms with E-state index in [1.807, 2.05) is 0 Å². The maximum Gasteiger partial charge on any atom is 0.323 e. The first-order valence-corrected chi connectivity index (χ1v) is 7.23. The van der Waals surface area contributed by atoms with Crippen LogP contribution in [0.1, 0.15) is 26.2 Å². The Bertz CT molecular complexity index is 427. The first kappa shape index (κ1) is 14.8. The van der Waals surface area contributed by atoms with Gasteiger partial charge < -0.3 is 20.3 Å². The molecule has 2 rings (SSSR count). The van der Waals surface area contributed by atoms with Crippen molar-refractivity contribution in [1.82, 2.24) is 19.9 Å². The molecule has 1 aliphatic heterocycles. The fourth-order valence-corrected chi connectivity index (χ4v) is 2.26. The lowest BCUT2D eigenvalue weighted by atomic mass is 10.1. The molecule has 0 aliphatic carbocycles. The molecule has 1 saturated heterocycles. The normalized spacial score (nSPS) is 19.6. The highest BCUT2D eigenvalue weighted by atomic mass is 16.5. The van der Waals surface area contributed by atoms with Crippen LogP contribution in [0.5, 0.6) is 6.01 Å². The van der Waals surface area contributed by atoms with Gasteiger partial charge in [0, 0.05) is 19.6 Å². The fourth-order valence-electron chi connectivity index (χ4n) is 2.26. The summed E-state index contributed by atoms with van der Waals surface area (Å²) < 4.78 is 5.50. The lowest BCUT2D eigenvalue weighted by Crippen LogP contribution is -2.40. The molecule has 1 atom stereocenters. The number of likely N-dealkylation sites (tertiary alicyclic amines) is 1. The Kier molecular flexibility index (Phi) is 5.34. The van der Waals surface area contributed by atoms with Crippen LogP contribution in [-0.4, -0.2) is 59.7 Å². The molecule has 0 bridgehead atoms. The molecule has 0 aromatic carbocycles. The van der Waals surface area contributed by atoms with E-state index in [9.17, 15) is 0 Å². The van der Waals surface area contributed by atoms with Crippen molar-refractivity contribution in [1.29, 1.82) is 0 Å². The van der Waals surface area contributed by atoms with Crippen LogP contribution in [0.2, 0.25) is 0 Å². The van der Waals surface area contributed by atoms with Crippen LogP contribution >= 0.6 is 0 Å². The summed E-state index contributed by atoms with van der Waals surface area (Å²) in [6, 6.07) is 0.748. The Hall–Kier alpha value is -1.63. The Morgan fingerprint density at radius 1 is 1.30 bits per heavy atom. The molecule has 2 heterocycles. The van der Waals surface area contributed by atoms with Crippen LogP contribution in [0.4, 0.5) is 11.9 Å². The van der Waals surface area contributed by atoms with E-state index >= 15 is 0 Å². The molecule has 112 valence electrons. The topological polar surface area (TPSA) is 75.2 Å². The Morgan fingerprint density at radius 2 is 2.10 bits per heavy atom. The van der Waals surface area contributed by atoms with Gasteiger partial charge in [-0.25, -0.2) is 0 Å². The van der Waals surface area contributed by atoms with Gasteiger partial charge in [0.25, 0.3) is 0 Å². The van der Waals surface area contributed by atoms with Crippen molar-refractivity contribution in [2.45, 2.75) is 32.2 Å². The van der Waals surface area contributed by atoms with Crippen LogP contribution < -0.4 is 15.4 Å². The van der Waals surface area contributed by atoms with E-state index in [4.69, 9.17) is 4.74 Å². The molecule has 0 saturated carbocycles. The van der Waals surface area contributed by atoms with Gasteiger partial charge in [-0.05, 0) is 32.9 Å². The van der Waals surface area contributed by atoms with Gasteiger partial charge in [0.1, 0.15) is 0 Å². The summed E-state index contributed by atoms with van der Waals surface area (Å²) in [7, 11) is 3.92. The van der Waals surface area contributed by atoms with Gasteiger partial charge in [-0.3, -0.25) is 0 Å². The molecule has 20 heavy (non-hydrogen) atoms. The number of hydrogen-bond donors (Lipinski definition) is 2. The highest BCUT2D eigenvalue weighted by Gasteiger charge is 2.18. The molecule has 2 N–H and O–H groups in total. The maximum absolute atomic E-state index is 5.50. The number of anilines is 2. The molecule has 0 radical (unpaired) electrons. The van der Waals surface area contributed by atoms with Crippen molar-refractivity contribution in [3.8, 4) is 6.01 Å². The third kappa shape index (κ3) is 4.19. The highest BCUT2D eigenvalue weighted by Crippen LogP contribution is 2.15. The summed E-state index contributed by atoms with van der Waals surface area (Å²) in [5.41, 5.74) is 0. The van der Waals surface area contributed by atoms with Gasteiger partial charge in [-0.2, -0.15) is 15.0 Å². The maximum atomic E-state index is 5.50. The molecule has 1 fully saturated rings. The Labute approximate surface area is 120 Å². The first-order chi connectivity index (χ1) is 9.71. The van der Waals surface area contributed by atoms with Gasteiger partial charge in [0.2, 0.25) is 11.9 Å². The predicted octanol–water partition coefficient (Wildman–Crippen LogP) is 1.21. The molecule has 1 unspecified atom stereocenters. The fraction of sp³-hybridized carbons (Fsp3) is 0.769. The van der Waals surface area contributed by atoms with Gasteiger partial charge in [0.05, 0.1) is 6.61 Å². The van der Waals surface area contributed by atoms with Gasteiger partial charge in [-0.15, -0.1) is 0 Å². The molecule has 7 nitrogen and oxygen atoms in total. The molecule has 1 aliphatic rings. The zero-order valence-electron chi connectivity index (χ0n) is 12.5. The van der Waals surface area contributed by atoms with Gasteiger partial charge in [0.15, 0.2) is 0 Å². The molecule has 0 spiro atoms. The van der Waals surface area contributed by atoms with Crippen LogP contribution in [0.25, 0.3) is 0 Å². The van der Waals surface area contributed by atoms with Crippen LogP contribution in [0.15, 0.2) is 0 Å². The summed E-state index contributed by atoms with van der Waals surface area (Å²) in [6.45, 7) is 4.82. The standard InChI is InChI=1S/C13H24N6O/c1-4-8-20-13-17-11(14-2)16-12(18-13)15-10-6-5-7-19(3)9-10/h10H,4-9H2,1-3H3,(H2,14,15,16,17,18). The number of ether oxygens (including phenoxy) is 1. The highest BCUT2D eigenvalue weighted by molar-refractivity contribution is 5.36. The minimum absolute atomic E-state index is 0.373. The van der Waals surface area contributed by atoms with E-state index in [0.717, 1.165) is 25.9 Å². The summed E-state index contributed by atoms with van der Waals surface area (Å²) in [5.74, 6) is 1.11. The van der Waals surface area contributed by atoms with Gasteiger partial charge >= 0.3 is 6.01 Å². The van der Waals surface area contributed by atoms with Crippen molar-refractivity contribution in [2.75, 3.05) is 44.4 Å². The molecule has 1 aromatic rings. The number of nitrogens with one attached hydrogen (secondary N) is 2. The number of rotatable bonds is 6. The third-order valence-electron chi connectivity index (χ3n) is 3.23. The van der Waals surface area contributed by atoms with Crippen LogP contribution in [-0.2, 0) is 0 Å². The smallest absolute Gasteiger partial charge is 0.323 e. The zero-order chi connectivity index (χ0) is 14.4. The largest absolute Gasteiger partial charge is 0.463 e. The minimum Gasteiger partial charge on any atom is -0.463 e. The zero-order valence-corrected chi connectivity index (χ0v) is 12.5. The van der Waals surface area contributed by atoms with Crippen molar-refractivity contribution < 1.29 is 4.74 Å². The predicted molar refractivity (Wildman–Crippen MR) is 79.3 cm³/mol. The monoisotopic (exact) mass is 280 g/mol. The first-order valence-electron chi connectivity index (χ1n) is 7.23. The van der Waals surface area contributed by atoms with Crippen molar-refractivity contribution in [2.24, 2.45) is 0 Å². The van der Waals surface area contributed by atoms with Crippen molar-refractivity contribution >= 4 is 11.9 Å². The number of nitrogens with zero attached hydrogens (tertiary/aromatic N) is 4. The van der Waals surface area contributed by atoms with E-state index in [1.54, 1.807) is 7.05 Å². The molecule has 7 heteroatoms. The van der Waals surface area contributed by atoms with E-state index in [2.05, 4.69) is 44.5 Å². The summed E-state index contributed by atoms with van der Waals surface area (Å²) in [4.78, 5) is 15.2. The number of hydrogen-bond acceptors (Lipinski definition) is 7. The van der Waals surface area contributed by atoms with Crippen LogP contribution in [0.3, 0.4) is 0 Å². The number of aromatic nitrogens is 3. The molecule has 1 aromatic heterocycles. The lowest BCUT2D eigenvalue weighted by Gasteiger charge is -2.30. The minimum atomic E-state index is 0.373. The summed E-state index contributed by atoms with van der Waals surface area (Å²) in [6.07, 6.45) is 3.25. The Morgan fingerprint density at radius 3 is 2.80 bits per heavy atom. The second-order valence-corrected chi connectivity index (χ2v) is 5.11. The molecule has 0 amide bonds. The second-order valence-electron chi connectivity index (χ2n) is 5.11. The van der Waals surface area contributed by atoms with E-state index < -0.39 is 0 Å². The lowest BCUT2D eigenvalue weighted by molar-refractivity contribution is 0.260. The molecular weight excluding hydrogens is 256 g/mol. The molecular formula is C13H24N6O. The van der Waals surface area contributed by atoms with Crippen molar-refractivity contribution in [3.05, 3.63) is 0 Å². The van der Waals surface area contributed by atoms with Crippen molar-refractivity contribution in [3.63, 3.8) is 0 Å². The second kappa shape index (κ2) is 7.23. The average molecular weight is 280 g/mol. The average Bonchev–Trinajstić information content (AvgIpc) is 2.45. The van der Waals surface area contributed by atoms with Crippen LogP contribution in [0, 0.1) is 0 Å². The number of piperidine rings is 1. The summed E-state index contributed by atoms with van der Waals surface area (Å²) >= 11 is 0. The van der Waals surface area contributed by atoms with E-state index in [1.165, 1.54) is 6.42 Å². The SMILES string of the molecule is CCCOc1nc(NC)nc(NC2CCCN(C)C2)n1. The third-order valence-corrected chi connectivity index (χ3v) is 3.23.